The predicted molar refractivity (Wildman–Crippen MR) is 121 cm³/mol. The minimum Gasteiger partial charge on any atom is -0.496 e. The van der Waals surface area contributed by atoms with Gasteiger partial charge in [-0.3, -0.25) is 0 Å². The Morgan fingerprint density at radius 2 is 1.71 bits per heavy atom. The number of benzene rings is 2. The minimum atomic E-state index is -3.79. The van der Waals surface area contributed by atoms with Crippen molar-refractivity contribution in [3.05, 3.63) is 57.8 Å². The molecule has 31 heavy (non-hydrogen) atoms. The number of fused-ring (bicyclic) bond motifs is 7. The average molecular weight is 438 g/mol. The average Bonchev–Trinajstić information content (AvgIpc) is 3.42. The maximum absolute atomic E-state index is 13.9. The number of rotatable bonds is 5. The summed E-state index contributed by atoms with van der Waals surface area (Å²) in [5.74, 6) is 1.49. The van der Waals surface area contributed by atoms with Crippen molar-refractivity contribution in [3.63, 3.8) is 0 Å². The van der Waals surface area contributed by atoms with Crippen molar-refractivity contribution in [2.24, 2.45) is 0 Å². The van der Waals surface area contributed by atoms with E-state index in [0.29, 0.717) is 17.5 Å². The van der Waals surface area contributed by atoms with Crippen LogP contribution in [0.5, 0.6) is 5.75 Å². The number of nitrogens with zero attached hydrogens (tertiary/aromatic N) is 1. The fourth-order valence-electron chi connectivity index (χ4n) is 5.87. The van der Waals surface area contributed by atoms with Crippen LogP contribution in [0.25, 0.3) is 10.9 Å². The Bertz CT molecular complexity index is 1330. The van der Waals surface area contributed by atoms with Crippen molar-refractivity contribution in [2.45, 2.75) is 63.2 Å². The molecule has 2 unspecified atom stereocenters. The van der Waals surface area contributed by atoms with Crippen LogP contribution in [0.2, 0.25) is 0 Å². The number of methoxy groups -OCH3 is 1. The van der Waals surface area contributed by atoms with E-state index in [4.69, 9.17) is 4.74 Å². The fourth-order valence-corrected chi connectivity index (χ4v) is 7.49. The number of aromatic nitrogens is 1. The Hall–Kier alpha value is -2.60. The zero-order valence-corrected chi connectivity index (χ0v) is 19.2. The van der Waals surface area contributed by atoms with Crippen molar-refractivity contribution < 1.29 is 17.9 Å². The molecule has 2 aliphatic rings. The summed E-state index contributed by atoms with van der Waals surface area (Å²) < 4.78 is 35.2. The molecule has 2 bridgehead atoms. The molecule has 162 valence electrons. The quantitative estimate of drug-likeness (QED) is 0.532. The van der Waals surface area contributed by atoms with Gasteiger partial charge in [-0.25, -0.2) is 12.4 Å². The van der Waals surface area contributed by atoms with Crippen LogP contribution >= 0.6 is 0 Å². The molecule has 0 radical (unpaired) electrons. The Morgan fingerprint density at radius 1 is 1.06 bits per heavy atom. The molecule has 0 saturated heterocycles. The zero-order chi connectivity index (χ0) is 22.1. The third kappa shape index (κ3) is 2.67. The predicted octanol–water partition coefficient (Wildman–Crippen LogP) is 4.92. The van der Waals surface area contributed by atoms with Gasteiger partial charge in [0.15, 0.2) is 0 Å². The number of aldehydes is 1. The lowest BCUT2D eigenvalue weighted by molar-refractivity contribution is -0.107. The monoisotopic (exact) mass is 437 g/mol. The lowest BCUT2D eigenvalue weighted by Crippen LogP contribution is -2.16. The molecule has 0 spiro atoms. The molecule has 1 fully saturated rings. The van der Waals surface area contributed by atoms with E-state index in [1.54, 1.807) is 19.2 Å². The smallest absolute Gasteiger partial charge is 0.268 e. The van der Waals surface area contributed by atoms with Gasteiger partial charge in [0.2, 0.25) is 0 Å². The minimum absolute atomic E-state index is 0.208. The lowest BCUT2D eigenvalue weighted by Gasteiger charge is -2.23. The SMILES string of the molecule is COc1c2c(c3c(c(C)c(C)n3S(=O)(=O)c3ccc(C)cc3)c1CC=O)C1CCC2C1. The molecule has 2 atom stereocenters. The highest BCUT2D eigenvalue weighted by atomic mass is 32.2. The second kappa shape index (κ2) is 6.95. The first kappa shape index (κ1) is 20.3. The molecule has 5 nitrogen and oxygen atoms in total. The summed E-state index contributed by atoms with van der Waals surface area (Å²) in [6.45, 7) is 5.75. The summed E-state index contributed by atoms with van der Waals surface area (Å²) in [6.07, 6.45) is 4.27. The number of aryl methyl sites for hydroxylation is 2. The van der Waals surface area contributed by atoms with Gasteiger partial charge in [0.25, 0.3) is 10.0 Å². The third-order valence-corrected chi connectivity index (χ3v) is 9.13. The summed E-state index contributed by atoms with van der Waals surface area (Å²) in [6, 6.07) is 7.00. The van der Waals surface area contributed by atoms with Gasteiger partial charge in [-0.05, 0) is 75.1 Å². The van der Waals surface area contributed by atoms with Crippen LogP contribution < -0.4 is 4.74 Å². The molecule has 2 aromatic carbocycles. The first-order chi connectivity index (χ1) is 14.8. The standard InChI is InChI=1S/C25H27NO4S/c1-14-5-9-19(10-6-14)31(28,29)26-16(3)15(2)21-20(11-12-27)25(30-4)23-18-8-7-17(13-18)22(23)24(21)26/h5-6,9-10,12,17-18H,7-8,11,13H2,1-4H3. The summed E-state index contributed by atoms with van der Waals surface area (Å²) in [5.41, 5.74) is 6.42. The summed E-state index contributed by atoms with van der Waals surface area (Å²) in [4.78, 5) is 11.9. The summed E-state index contributed by atoms with van der Waals surface area (Å²) in [7, 11) is -2.14. The van der Waals surface area contributed by atoms with E-state index in [2.05, 4.69) is 0 Å². The van der Waals surface area contributed by atoms with E-state index in [1.807, 2.05) is 32.9 Å². The van der Waals surface area contributed by atoms with Crippen molar-refractivity contribution in [1.29, 1.82) is 0 Å². The Balaban J connectivity index is 1.95. The normalized spacial score (nSPS) is 19.7. The van der Waals surface area contributed by atoms with Crippen molar-refractivity contribution in [1.82, 2.24) is 3.97 Å². The lowest BCUT2D eigenvalue weighted by atomic mass is 9.86. The van der Waals surface area contributed by atoms with Crippen molar-refractivity contribution in [2.75, 3.05) is 7.11 Å². The van der Waals surface area contributed by atoms with Gasteiger partial charge in [-0.15, -0.1) is 0 Å². The van der Waals surface area contributed by atoms with E-state index < -0.39 is 10.0 Å². The van der Waals surface area contributed by atoms with Gasteiger partial charge in [-0.1, -0.05) is 17.7 Å². The van der Waals surface area contributed by atoms with Crippen molar-refractivity contribution in [3.8, 4) is 5.75 Å². The molecule has 6 heteroatoms. The molecule has 0 N–H and O–H groups in total. The number of carbonyl (C=O) groups excluding carboxylic acids is 1. The molecule has 1 aromatic heterocycles. The van der Waals surface area contributed by atoms with E-state index in [1.165, 1.54) is 3.97 Å². The molecular formula is C25H27NO4S. The highest BCUT2D eigenvalue weighted by molar-refractivity contribution is 7.90. The molecule has 1 saturated carbocycles. The molecular weight excluding hydrogens is 410 g/mol. The Morgan fingerprint density at radius 3 is 2.32 bits per heavy atom. The Kier molecular flexibility index (Phi) is 4.56. The maximum atomic E-state index is 13.9. The second-order valence-corrected chi connectivity index (χ2v) is 10.7. The summed E-state index contributed by atoms with van der Waals surface area (Å²) >= 11 is 0. The van der Waals surface area contributed by atoms with Crippen LogP contribution in [0, 0.1) is 20.8 Å². The number of ether oxygens (including phenoxy) is 1. The van der Waals surface area contributed by atoms with Crippen LogP contribution in [0.4, 0.5) is 0 Å². The maximum Gasteiger partial charge on any atom is 0.268 e. The van der Waals surface area contributed by atoms with Gasteiger partial charge in [0.1, 0.15) is 12.0 Å². The van der Waals surface area contributed by atoms with E-state index >= 15 is 0 Å². The van der Waals surface area contributed by atoms with Crippen LogP contribution in [0.15, 0.2) is 29.2 Å². The van der Waals surface area contributed by atoms with E-state index in [0.717, 1.165) is 70.0 Å². The summed E-state index contributed by atoms with van der Waals surface area (Å²) in [5, 5.41) is 0.864. The molecule has 0 amide bonds. The van der Waals surface area contributed by atoms with Crippen LogP contribution in [-0.2, 0) is 21.2 Å². The first-order valence-corrected chi connectivity index (χ1v) is 12.2. The van der Waals surface area contributed by atoms with Gasteiger partial charge in [-0.2, -0.15) is 0 Å². The van der Waals surface area contributed by atoms with E-state index in [-0.39, 0.29) is 11.3 Å². The van der Waals surface area contributed by atoms with Crippen LogP contribution in [0.1, 0.15) is 64.6 Å². The highest BCUT2D eigenvalue weighted by Crippen LogP contribution is 2.60. The van der Waals surface area contributed by atoms with Gasteiger partial charge < -0.3 is 9.53 Å². The van der Waals surface area contributed by atoms with Crippen LogP contribution in [-0.4, -0.2) is 25.8 Å². The Labute approximate surface area is 183 Å². The van der Waals surface area contributed by atoms with Gasteiger partial charge >= 0.3 is 0 Å². The molecule has 0 aliphatic heterocycles. The van der Waals surface area contributed by atoms with Gasteiger partial charge in [0.05, 0.1) is 17.5 Å². The largest absolute Gasteiger partial charge is 0.496 e. The molecule has 5 rings (SSSR count). The number of hydrogen-bond donors (Lipinski definition) is 0. The van der Waals surface area contributed by atoms with Crippen LogP contribution in [0.3, 0.4) is 0 Å². The van der Waals surface area contributed by atoms with Gasteiger partial charge in [0, 0.05) is 28.6 Å². The zero-order valence-electron chi connectivity index (χ0n) is 18.4. The number of carbonyl (C=O) groups is 1. The van der Waals surface area contributed by atoms with E-state index in [9.17, 15) is 13.2 Å². The molecule has 3 aromatic rings. The highest BCUT2D eigenvalue weighted by Gasteiger charge is 2.44. The topological polar surface area (TPSA) is 65.4 Å². The molecule has 1 heterocycles. The molecule has 2 aliphatic carbocycles. The number of hydrogen-bond acceptors (Lipinski definition) is 4. The fraction of sp³-hybridized carbons (Fsp3) is 0.400. The third-order valence-electron chi connectivity index (χ3n) is 7.33. The second-order valence-electron chi connectivity index (χ2n) is 8.93. The first-order valence-electron chi connectivity index (χ1n) is 10.8. The van der Waals surface area contributed by atoms with Crippen molar-refractivity contribution >= 4 is 27.2 Å².